The van der Waals surface area contributed by atoms with Crippen LogP contribution in [0.2, 0.25) is 5.02 Å². The lowest BCUT2D eigenvalue weighted by Crippen LogP contribution is -2.43. The SMILES string of the molecule is O=C(NC1CC1)C1CCN(C(=O)c2cc(Br)ccc2Cl)CC1. The Morgan fingerprint density at radius 1 is 1.18 bits per heavy atom. The van der Waals surface area contributed by atoms with Crippen LogP contribution in [0, 0.1) is 5.92 Å². The third kappa shape index (κ3) is 3.63. The summed E-state index contributed by atoms with van der Waals surface area (Å²) >= 11 is 9.48. The third-order valence-corrected chi connectivity index (χ3v) is 5.06. The second-order valence-corrected chi connectivity index (χ2v) is 7.30. The molecule has 1 saturated carbocycles. The van der Waals surface area contributed by atoms with Crippen molar-refractivity contribution in [3.05, 3.63) is 33.3 Å². The number of hydrogen-bond donors (Lipinski definition) is 1. The zero-order chi connectivity index (χ0) is 15.7. The summed E-state index contributed by atoms with van der Waals surface area (Å²) in [4.78, 5) is 26.4. The number of carbonyl (C=O) groups is 2. The highest BCUT2D eigenvalue weighted by Crippen LogP contribution is 2.26. The van der Waals surface area contributed by atoms with Crippen molar-refractivity contribution < 1.29 is 9.59 Å². The quantitative estimate of drug-likeness (QED) is 0.868. The Kier molecular flexibility index (Phi) is 4.73. The second kappa shape index (κ2) is 6.59. The van der Waals surface area contributed by atoms with Crippen molar-refractivity contribution in [2.75, 3.05) is 13.1 Å². The number of piperidine rings is 1. The number of carbonyl (C=O) groups excluding carboxylic acids is 2. The molecule has 118 valence electrons. The highest BCUT2D eigenvalue weighted by Gasteiger charge is 2.31. The monoisotopic (exact) mass is 384 g/mol. The first kappa shape index (κ1) is 15.8. The Balaban J connectivity index is 1.59. The molecular formula is C16H18BrClN2O2. The van der Waals surface area contributed by atoms with Crippen molar-refractivity contribution in [1.29, 1.82) is 0 Å². The van der Waals surface area contributed by atoms with Crippen molar-refractivity contribution in [3.63, 3.8) is 0 Å². The van der Waals surface area contributed by atoms with Crippen LogP contribution >= 0.6 is 27.5 Å². The Bertz CT molecular complexity index is 596. The van der Waals surface area contributed by atoms with Gasteiger partial charge in [-0.05, 0) is 43.9 Å². The molecule has 4 nitrogen and oxygen atoms in total. The summed E-state index contributed by atoms with van der Waals surface area (Å²) in [6.07, 6.45) is 3.64. The van der Waals surface area contributed by atoms with E-state index < -0.39 is 0 Å². The zero-order valence-electron chi connectivity index (χ0n) is 12.1. The maximum atomic E-state index is 12.6. The predicted molar refractivity (Wildman–Crippen MR) is 88.9 cm³/mol. The molecule has 1 aliphatic heterocycles. The van der Waals surface area contributed by atoms with Crippen molar-refractivity contribution in [2.45, 2.75) is 31.7 Å². The van der Waals surface area contributed by atoms with Gasteiger partial charge in [-0.3, -0.25) is 9.59 Å². The van der Waals surface area contributed by atoms with Gasteiger partial charge in [0.2, 0.25) is 5.91 Å². The van der Waals surface area contributed by atoms with E-state index in [1.165, 1.54) is 0 Å². The number of hydrogen-bond acceptors (Lipinski definition) is 2. The molecule has 1 aromatic carbocycles. The van der Waals surface area contributed by atoms with Gasteiger partial charge in [-0.2, -0.15) is 0 Å². The highest BCUT2D eigenvalue weighted by atomic mass is 79.9. The minimum Gasteiger partial charge on any atom is -0.353 e. The van der Waals surface area contributed by atoms with E-state index in [1.54, 1.807) is 17.0 Å². The molecule has 0 aromatic heterocycles. The van der Waals surface area contributed by atoms with E-state index in [-0.39, 0.29) is 17.7 Å². The summed E-state index contributed by atoms with van der Waals surface area (Å²) in [5.41, 5.74) is 0.511. The van der Waals surface area contributed by atoms with Gasteiger partial charge in [0.1, 0.15) is 0 Å². The van der Waals surface area contributed by atoms with Gasteiger partial charge in [-0.15, -0.1) is 0 Å². The summed E-state index contributed by atoms with van der Waals surface area (Å²) in [5, 5.41) is 3.51. The van der Waals surface area contributed by atoms with Gasteiger partial charge in [0.25, 0.3) is 5.91 Å². The van der Waals surface area contributed by atoms with E-state index in [0.717, 1.165) is 30.2 Å². The smallest absolute Gasteiger partial charge is 0.255 e. The Morgan fingerprint density at radius 2 is 1.86 bits per heavy atom. The van der Waals surface area contributed by atoms with E-state index in [4.69, 9.17) is 11.6 Å². The van der Waals surface area contributed by atoms with Gasteiger partial charge >= 0.3 is 0 Å². The van der Waals surface area contributed by atoms with Gasteiger partial charge in [0, 0.05) is 29.5 Å². The number of amides is 2. The molecular weight excluding hydrogens is 368 g/mol. The largest absolute Gasteiger partial charge is 0.353 e. The van der Waals surface area contributed by atoms with Gasteiger partial charge in [0.05, 0.1) is 10.6 Å². The fourth-order valence-corrected chi connectivity index (χ4v) is 3.28. The first-order valence-electron chi connectivity index (χ1n) is 7.59. The third-order valence-electron chi connectivity index (χ3n) is 4.24. The average molecular weight is 386 g/mol. The molecule has 2 amide bonds. The number of halogens is 2. The predicted octanol–water partition coefficient (Wildman–Crippen LogP) is 3.23. The van der Waals surface area contributed by atoms with Gasteiger partial charge in [0.15, 0.2) is 0 Å². The highest BCUT2D eigenvalue weighted by molar-refractivity contribution is 9.10. The summed E-state index contributed by atoms with van der Waals surface area (Å²) < 4.78 is 0.832. The lowest BCUT2D eigenvalue weighted by molar-refractivity contribution is -0.126. The summed E-state index contributed by atoms with van der Waals surface area (Å²) in [6.45, 7) is 1.20. The first-order chi connectivity index (χ1) is 10.5. The molecule has 0 bridgehead atoms. The lowest BCUT2D eigenvalue weighted by Gasteiger charge is -2.31. The van der Waals surface area contributed by atoms with Crippen LogP contribution in [-0.2, 0) is 4.79 Å². The molecule has 3 rings (SSSR count). The minimum atomic E-state index is -0.0626. The van der Waals surface area contributed by atoms with E-state index in [1.807, 2.05) is 6.07 Å². The molecule has 6 heteroatoms. The van der Waals surface area contributed by atoms with E-state index in [2.05, 4.69) is 21.2 Å². The van der Waals surface area contributed by atoms with Crippen LogP contribution < -0.4 is 5.32 Å². The molecule has 1 N–H and O–H groups in total. The molecule has 1 saturated heterocycles. The van der Waals surface area contributed by atoms with Crippen LogP contribution in [0.3, 0.4) is 0 Å². The van der Waals surface area contributed by atoms with Gasteiger partial charge in [-0.1, -0.05) is 27.5 Å². The number of likely N-dealkylation sites (tertiary alicyclic amines) is 1. The second-order valence-electron chi connectivity index (χ2n) is 5.97. The van der Waals surface area contributed by atoms with Crippen LogP contribution in [0.4, 0.5) is 0 Å². The Labute approximate surface area is 143 Å². The van der Waals surface area contributed by atoms with Crippen molar-refractivity contribution in [3.8, 4) is 0 Å². The molecule has 1 heterocycles. The molecule has 0 spiro atoms. The van der Waals surface area contributed by atoms with E-state index in [0.29, 0.717) is 29.7 Å². The molecule has 0 radical (unpaired) electrons. The molecule has 22 heavy (non-hydrogen) atoms. The van der Waals surface area contributed by atoms with Crippen LogP contribution in [0.1, 0.15) is 36.0 Å². The maximum Gasteiger partial charge on any atom is 0.255 e. The van der Waals surface area contributed by atoms with Crippen molar-refractivity contribution in [2.24, 2.45) is 5.92 Å². The van der Waals surface area contributed by atoms with E-state index >= 15 is 0 Å². The van der Waals surface area contributed by atoms with Crippen molar-refractivity contribution in [1.82, 2.24) is 10.2 Å². The number of nitrogens with one attached hydrogen (secondary N) is 1. The number of rotatable bonds is 3. The fourth-order valence-electron chi connectivity index (χ4n) is 2.72. The molecule has 2 fully saturated rings. The lowest BCUT2D eigenvalue weighted by atomic mass is 9.95. The Morgan fingerprint density at radius 3 is 2.50 bits per heavy atom. The summed E-state index contributed by atoms with van der Waals surface area (Å²) in [5.74, 6) is 0.116. The van der Waals surface area contributed by atoms with E-state index in [9.17, 15) is 9.59 Å². The number of benzene rings is 1. The molecule has 0 unspecified atom stereocenters. The van der Waals surface area contributed by atoms with Gasteiger partial charge in [-0.25, -0.2) is 0 Å². The Hall–Kier alpha value is -1.07. The number of nitrogens with zero attached hydrogens (tertiary/aromatic N) is 1. The van der Waals surface area contributed by atoms with Crippen LogP contribution in [0.25, 0.3) is 0 Å². The van der Waals surface area contributed by atoms with Crippen LogP contribution in [0.15, 0.2) is 22.7 Å². The molecule has 2 aliphatic rings. The van der Waals surface area contributed by atoms with Crippen LogP contribution in [0.5, 0.6) is 0 Å². The topological polar surface area (TPSA) is 49.4 Å². The molecule has 0 atom stereocenters. The standard InChI is InChI=1S/C16H18BrClN2O2/c17-11-1-4-14(18)13(9-11)16(22)20-7-5-10(6-8-20)15(21)19-12-2-3-12/h1,4,9-10,12H,2-3,5-8H2,(H,19,21). The summed E-state index contributed by atoms with van der Waals surface area (Å²) in [6, 6.07) is 5.67. The minimum absolute atomic E-state index is 0.0302. The fraction of sp³-hybridized carbons (Fsp3) is 0.500. The summed E-state index contributed by atoms with van der Waals surface area (Å²) in [7, 11) is 0. The zero-order valence-corrected chi connectivity index (χ0v) is 14.5. The maximum absolute atomic E-state index is 12.6. The van der Waals surface area contributed by atoms with Crippen molar-refractivity contribution >= 4 is 39.3 Å². The van der Waals surface area contributed by atoms with Crippen LogP contribution in [-0.4, -0.2) is 35.8 Å². The normalized spacial score (nSPS) is 19.1. The molecule has 1 aliphatic carbocycles. The molecule has 1 aromatic rings. The van der Waals surface area contributed by atoms with Gasteiger partial charge < -0.3 is 10.2 Å². The first-order valence-corrected chi connectivity index (χ1v) is 8.76. The average Bonchev–Trinajstić information content (AvgIpc) is 3.33.